The highest BCUT2D eigenvalue weighted by Gasteiger charge is 2.24. The molecule has 0 unspecified atom stereocenters. The van der Waals surface area contributed by atoms with Crippen LogP contribution in [0.5, 0.6) is 23.0 Å². The van der Waals surface area contributed by atoms with Gasteiger partial charge in [0.1, 0.15) is 16.4 Å². The van der Waals surface area contributed by atoms with Crippen molar-refractivity contribution in [2.24, 2.45) is 0 Å². The molecule has 0 aliphatic heterocycles. The Hall–Kier alpha value is -4.29. The summed E-state index contributed by atoms with van der Waals surface area (Å²) < 4.78 is 51.4. The highest BCUT2D eigenvalue weighted by molar-refractivity contribution is 7.92. The maximum atomic E-state index is 13.4. The van der Waals surface area contributed by atoms with Crippen molar-refractivity contribution < 1.29 is 32.5 Å². The Balaban J connectivity index is 1.83. The van der Waals surface area contributed by atoms with Gasteiger partial charge in [-0.15, -0.1) is 0 Å². The number of hydrogen-bond donors (Lipinski definition) is 3. The minimum absolute atomic E-state index is 0.0438. The largest absolute Gasteiger partial charge is 0.497 e. The number of ether oxygens (including phenoxy) is 4. The molecular formula is C26H28N4O7S. The van der Waals surface area contributed by atoms with Crippen LogP contribution in [0.3, 0.4) is 0 Å². The first-order valence-corrected chi connectivity index (χ1v) is 13.1. The molecule has 0 saturated carbocycles. The van der Waals surface area contributed by atoms with Crippen LogP contribution < -0.4 is 29.0 Å². The Morgan fingerprint density at radius 3 is 2.16 bits per heavy atom. The van der Waals surface area contributed by atoms with Crippen LogP contribution in [0.1, 0.15) is 6.42 Å². The van der Waals surface area contributed by atoms with Crippen LogP contribution in [-0.4, -0.2) is 58.0 Å². The predicted octanol–water partition coefficient (Wildman–Crippen LogP) is 3.96. The lowest BCUT2D eigenvalue weighted by Crippen LogP contribution is -2.17. The second-order valence-corrected chi connectivity index (χ2v) is 9.57. The zero-order valence-electron chi connectivity index (χ0n) is 21.1. The van der Waals surface area contributed by atoms with E-state index in [0.717, 1.165) is 0 Å². The van der Waals surface area contributed by atoms with E-state index < -0.39 is 10.0 Å². The van der Waals surface area contributed by atoms with E-state index in [9.17, 15) is 13.5 Å². The van der Waals surface area contributed by atoms with Gasteiger partial charge in [-0.1, -0.05) is 24.3 Å². The van der Waals surface area contributed by atoms with Crippen LogP contribution in [0.25, 0.3) is 11.0 Å². The number of anilines is 3. The lowest BCUT2D eigenvalue weighted by atomic mass is 10.2. The molecule has 4 rings (SSSR count). The van der Waals surface area contributed by atoms with Crippen LogP contribution in [0.2, 0.25) is 0 Å². The van der Waals surface area contributed by atoms with Crippen molar-refractivity contribution in [2.75, 3.05) is 44.6 Å². The molecule has 3 N–H and O–H groups in total. The molecule has 0 atom stereocenters. The number of rotatable bonds is 12. The molecule has 0 saturated heterocycles. The Morgan fingerprint density at radius 2 is 1.50 bits per heavy atom. The van der Waals surface area contributed by atoms with Gasteiger partial charge in [0.2, 0.25) is 0 Å². The van der Waals surface area contributed by atoms with Crippen LogP contribution >= 0.6 is 0 Å². The van der Waals surface area contributed by atoms with E-state index in [-0.39, 0.29) is 35.5 Å². The van der Waals surface area contributed by atoms with Gasteiger partial charge >= 0.3 is 0 Å². The lowest BCUT2D eigenvalue weighted by Gasteiger charge is -2.19. The van der Waals surface area contributed by atoms with Crippen molar-refractivity contribution in [3.8, 4) is 23.0 Å². The molecule has 12 heteroatoms. The second kappa shape index (κ2) is 11.8. The van der Waals surface area contributed by atoms with Crippen molar-refractivity contribution in [3.05, 3.63) is 60.7 Å². The fourth-order valence-electron chi connectivity index (χ4n) is 3.64. The van der Waals surface area contributed by atoms with E-state index in [0.29, 0.717) is 40.4 Å². The van der Waals surface area contributed by atoms with Gasteiger partial charge in [0, 0.05) is 25.2 Å². The summed E-state index contributed by atoms with van der Waals surface area (Å²) in [6.45, 7) is 0.164. The molecule has 4 aromatic rings. The third-order valence-corrected chi connectivity index (χ3v) is 6.82. The van der Waals surface area contributed by atoms with Crippen molar-refractivity contribution in [1.82, 2.24) is 9.97 Å². The molecule has 0 aliphatic carbocycles. The minimum Gasteiger partial charge on any atom is -0.497 e. The quantitative estimate of drug-likeness (QED) is 0.226. The fraction of sp³-hybridized carbons (Fsp3) is 0.231. The van der Waals surface area contributed by atoms with Gasteiger partial charge in [0.15, 0.2) is 23.1 Å². The summed E-state index contributed by atoms with van der Waals surface area (Å²) in [6.07, 6.45) is 0.397. The minimum atomic E-state index is -4.12. The number of aliphatic hydroxyl groups excluding tert-OH is 1. The SMILES string of the molecule is COc1cc(Nc2nc3ccccc3nc2NS(=O)(=O)c2ccccc2OC)c(OCCCO)c(OC)c1. The van der Waals surface area contributed by atoms with E-state index in [4.69, 9.17) is 18.9 Å². The first-order chi connectivity index (χ1) is 18.4. The fourth-order valence-corrected chi connectivity index (χ4v) is 4.82. The maximum Gasteiger partial charge on any atom is 0.266 e. The summed E-state index contributed by atoms with van der Waals surface area (Å²) >= 11 is 0. The molecule has 0 bridgehead atoms. The number of nitrogens with one attached hydrogen (secondary N) is 2. The summed E-state index contributed by atoms with van der Waals surface area (Å²) in [6, 6.07) is 16.6. The molecule has 38 heavy (non-hydrogen) atoms. The summed E-state index contributed by atoms with van der Waals surface area (Å²) in [5, 5.41) is 12.3. The number of aliphatic hydroxyl groups is 1. The molecule has 0 aliphatic rings. The van der Waals surface area contributed by atoms with E-state index >= 15 is 0 Å². The summed E-state index contributed by atoms with van der Waals surface area (Å²) in [5.41, 5.74) is 1.41. The van der Waals surface area contributed by atoms with Crippen molar-refractivity contribution in [3.63, 3.8) is 0 Å². The lowest BCUT2D eigenvalue weighted by molar-refractivity contribution is 0.228. The molecule has 3 aromatic carbocycles. The van der Waals surface area contributed by atoms with Gasteiger partial charge in [-0.3, -0.25) is 4.72 Å². The average Bonchev–Trinajstić information content (AvgIpc) is 2.93. The standard InChI is InChI=1S/C26H28N4O7S/c1-34-17-15-20(24(22(16-17)36-3)37-14-8-13-31)29-25-26(28-19-10-5-4-9-18(19)27-25)30-38(32,33)23-12-7-6-11-21(23)35-2/h4-7,9-12,15-16,31H,8,13-14H2,1-3H3,(H,27,29)(H,28,30). The molecule has 200 valence electrons. The Labute approximate surface area is 220 Å². The van der Waals surface area contributed by atoms with Crippen LogP contribution in [-0.2, 0) is 10.0 Å². The molecule has 11 nitrogen and oxygen atoms in total. The molecule has 0 amide bonds. The van der Waals surface area contributed by atoms with Crippen LogP contribution in [0.4, 0.5) is 17.3 Å². The summed E-state index contributed by atoms with van der Waals surface area (Å²) in [4.78, 5) is 9.11. The Morgan fingerprint density at radius 1 is 0.842 bits per heavy atom. The number of para-hydroxylation sites is 3. The molecule has 1 aromatic heterocycles. The number of fused-ring (bicyclic) bond motifs is 1. The van der Waals surface area contributed by atoms with Gasteiger partial charge < -0.3 is 29.4 Å². The molecule has 0 spiro atoms. The first kappa shape index (κ1) is 26.8. The maximum absolute atomic E-state index is 13.4. The first-order valence-electron chi connectivity index (χ1n) is 11.6. The molecular weight excluding hydrogens is 512 g/mol. The van der Waals surface area contributed by atoms with E-state index in [1.165, 1.54) is 27.4 Å². The molecule has 0 fully saturated rings. The third-order valence-electron chi connectivity index (χ3n) is 5.45. The highest BCUT2D eigenvalue weighted by atomic mass is 32.2. The predicted molar refractivity (Wildman–Crippen MR) is 143 cm³/mol. The highest BCUT2D eigenvalue weighted by Crippen LogP contribution is 2.42. The monoisotopic (exact) mass is 540 g/mol. The molecule has 0 radical (unpaired) electrons. The van der Waals surface area contributed by atoms with Gasteiger partial charge in [-0.25, -0.2) is 18.4 Å². The number of sulfonamides is 1. The van der Waals surface area contributed by atoms with Crippen LogP contribution in [0.15, 0.2) is 65.6 Å². The van der Waals surface area contributed by atoms with Gasteiger partial charge in [-0.05, 0) is 24.3 Å². The zero-order chi connectivity index (χ0) is 27.1. The second-order valence-electron chi connectivity index (χ2n) is 7.92. The smallest absolute Gasteiger partial charge is 0.266 e. The van der Waals surface area contributed by atoms with Crippen molar-refractivity contribution >= 4 is 38.4 Å². The topological polar surface area (TPSA) is 141 Å². The molecule has 1 heterocycles. The van der Waals surface area contributed by atoms with Gasteiger partial charge in [0.05, 0.1) is 44.7 Å². The number of aromatic nitrogens is 2. The Kier molecular flexibility index (Phi) is 8.34. The van der Waals surface area contributed by atoms with E-state index in [1.54, 1.807) is 54.6 Å². The number of hydrogen-bond acceptors (Lipinski definition) is 10. The summed E-state index contributed by atoms with van der Waals surface area (Å²) in [7, 11) is 0.269. The van der Waals surface area contributed by atoms with Crippen molar-refractivity contribution in [1.29, 1.82) is 0 Å². The normalized spacial score (nSPS) is 11.2. The number of benzene rings is 3. The average molecular weight is 541 g/mol. The number of methoxy groups -OCH3 is 3. The van der Waals surface area contributed by atoms with E-state index in [2.05, 4.69) is 20.0 Å². The van der Waals surface area contributed by atoms with Gasteiger partial charge in [-0.2, -0.15) is 0 Å². The van der Waals surface area contributed by atoms with Crippen LogP contribution in [0, 0.1) is 0 Å². The van der Waals surface area contributed by atoms with Crippen molar-refractivity contribution in [2.45, 2.75) is 11.3 Å². The Bertz CT molecular complexity index is 1530. The van der Waals surface area contributed by atoms with E-state index in [1.807, 2.05) is 0 Å². The third kappa shape index (κ3) is 5.82. The van der Waals surface area contributed by atoms with Gasteiger partial charge in [0.25, 0.3) is 10.0 Å². The zero-order valence-corrected chi connectivity index (χ0v) is 21.9. The number of nitrogens with zero attached hydrogens (tertiary/aromatic N) is 2. The summed E-state index contributed by atoms with van der Waals surface area (Å²) in [5.74, 6) is 1.41.